The number of nitrogens with one attached hydrogen (secondary N) is 1. The zero-order valence-corrected chi connectivity index (χ0v) is 20.7. The molecule has 0 bridgehead atoms. The average molecular weight is 486 g/mol. The summed E-state index contributed by atoms with van der Waals surface area (Å²) in [5.74, 6) is -0.0495. The second-order valence-corrected chi connectivity index (χ2v) is 11.1. The molecule has 1 atom stereocenters. The smallest absolute Gasteiger partial charge is 0.243 e. The summed E-state index contributed by atoms with van der Waals surface area (Å²) >= 11 is 0. The molecule has 0 aliphatic carbocycles. The van der Waals surface area contributed by atoms with Gasteiger partial charge in [-0.3, -0.25) is 9.69 Å². The molecule has 0 saturated carbocycles. The molecule has 2 fully saturated rings. The molecular formula is C26H35N3O4S. The van der Waals surface area contributed by atoms with Gasteiger partial charge in [-0.25, -0.2) is 8.42 Å². The Bertz CT molecular complexity index is 1040. The van der Waals surface area contributed by atoms with Crippen molar-refractivity contribution < 1.29 is 17.9 Å². The largest absolute Gasteiger partial charge is 0.379 e. The van der Waals surface area contributed by atoms with Gasteiger partial charge in [-0.1, -0.05) is 48.4 Å². The van der Waals surface area contributed by atoms with E-state index in [1.807, 2.05) is 0 Å². The molecule has 4 rings (SSSR count). The number of nitrogens with zero attached hydrogens (tertiary/aromatic N) is 2. The van der Waals surface area contributed by atoms with Crippen molar-refractivity contribution >= 4 is 15.8 Å². The Morgan fingerprint density at radius 3 is 2.24 bits per heavy atom. The van der Waals surface area contributed by atoms with Gasteiger partial charge >= 0.3 is 0 Å². The van der Waals surface area contributed by atoms with Crippen LogP contribution in [0, 0.1) is 6.92 Å². The third kappa shape index (κ3) is 6.12. The lowest BCUT2D eigenvalue weighted by molar-refractivity contribution is 0.0162. The normalized spacial score (nSPS) is 19.1. The van der Waals surface area contributed by atoms with Crippen LogP contribution >= 0.6 is 0 Å². The number of morpholine rings is 1. The number of piperidine rings is 1. The number of hydrogen-bond acceptors (Lipinski definition) is 6. The van der Waals surface area contributed by atoms with Crippen LogP contribution in [0.5, 0.6) is 0 Å². The molecule has 2 saturated heterocycles. The second-order valence-electron chi connectivity index (χ2n) is 9.12. The van der Waals surface area contributed by atoms with E-state index in [1.165, 1.54) is 11.1 Å². The number of rotatable bonds is 9. The first kappa shape index (κ1) is 25.0. The summed E-state index contributed by atoms with van der Waals surface area (Å²) in [4.78, 5) is 15.4. The lowest BCUT2D eigenvalue weighted by Gasteiger charge is -2.35. The maximum Gasteiger partial charge on any atom is 0.243 e. The van der Waals surface area contributed by atoms with E-state index in [-0.39, 0.29) is 23.3 Å². The van der Waals surface area contributed by atoms with Gasteiger partial charge in [0.1, 0.15) is 0 Å². The van der Waals surface area contributed by atoms with Crippen LogP contribution in [-0.4, -0.2) is 75.9 Å². The van der Waals surface area contributed by atoms with Crippen molar-refractivity contribution in [3.63, 3.8) is 0 Å². The predicted octanol–water partition coefficient (Wildman–Crippen LogP) is 3.02. The molecule has 34 heavy (non-hydrogen) atoms. The van der Waals surface area contributed by atoms with Crippen LogP contribution in [0.3, 0.4) is 0 Å². The number of benzene rings is 2. The van der Waals surface area contributed by atoms with Crippen LogP contribution in [0.4, 0.5) is 0 Å². The van der Waals surface area contributed by atoms with Gasteiger partial charge in [-0.15, -0.1) is 0 Å². The predicted molar refractivity (Wildman–Crippen MR) is 133 cm³/mol. The van der Waals surface area contributed by atoms with E-state index < -0.39 is 10.0 Å². The molecule has 0 radical (unpaired) electrons. The highest BCUT2D eigenvalue weighted by Gasteiger charge is 2.26. The number of Topliss-reactive ketones (excluding diaryl/α,β-unsaturated/α-hetero) is 1. The number of carbonyl (C=O) groups is 1. The van der Waals surface area contributed by atoms with Gasteiger partial charge in [-0.05, 0) is 37.5 Å². The summed E-state index contributed by atoms with van der Waals surface area (Å²) in [5, 5.41) is 3.33. The molecular weight excluding hydrogens is 450 g/mol. The number of ether oxygens (including phenoxy) is 1. The summed E-state index contributed by atoms with van der Waals surface area (Å²) in [5.41, 5.74) is 2.96. The lowest BCUT2D eigenvalue weighted by atomic mass is 10.0. The Balaban J connectivity index is 1.36. The van der Waals surface area contributed by atoms with Crippen molar-refractivity contribution in [1.82, 2.24) is 14.5 Å². The monoisotopic (exact) mass is 485 g/mol. The van der Waals surface area contributed by atoms with Gasteiger partial charge in [0.05, 0.1) is 24.7 Å². The van der Waals surface area contributed by atoms with Crippen molar-refractivity contribution in [2.24, 2.45) is 0 Å². The number of aryl methyl sites for hydroxylation is 1. The van der Waals surface area contributed by atoms with Crippen LogP contribution in [0.2, 0.25) is 0 Å². The van der Waals surface area contributed by atoms with Gasteiger partial charge in [0.15, 0.2) is 5.78 Å². The van der Waals surface area contributed by atoms with Gasteiger partial charge in [0.25, 0.3) is 0 Å². The molecule has 2 heterocycles. The Hall–Kier alpha value is -2.10. The minimum Gasteiger partial charge on any atom is -0.379 e. The van der Waals surface area contributed by atoms with Crippen LogP contribution in [-0.2, 0) is 14.8 Å². The average Bonchev–Trinajstić information content (AvgIpc) is 2.88. The SMILES string of the molecule is Cc1ccc(C(CNCC(=O)c2ccc(S(=O)(=O)N3CCCCC3)cc2)N2CCOCC2)cc1. The van der Waals surface area contributed by atoms with Crippen molar-refractivity contribution in [3.05, 3.63) is 65.2 Å². The molecule has 2 aliphatic heterocycles. The minimum absolute atomic E-state index is 0.0495. The fourth-order valence-electron chi connectivity index (χ4n) is 4.63. The first-order valence-corrected chi connectivity index (χ1v) is 13.6. The summed E-state index contributed by atoms with van der Waals surface area (Å²) in [6.07, 6.45) is 2.87. The Kier molecular flexibility index (Phi) is 8.50. The van der Waals surface area contributed by atoms with E-state index >= 15 is 0 Å². The van der Waals surface area contributed by atoms with E-state index in [9.17, 15) is 13.2 Å². The first-order valence-electron chi connectivity index (χ1n) is 12.2. The highest BCUT2D eigenvalue weighted by atomic mass is 32.2. The first-order chi connectivity index (χ1) is 16.4. The van der Waals surface area contributed by atoms with Crippen LogP contribution < -0.4 is 5.32 Å². The summed E-state index contributed by atoms with van der Waals surface area (Å²) in [6.45, 7) is 7.22. The van der Waals surface area contributed by atoms with Gasteiger partial charge in [0, 0.05) is 44.3 Å². The van der Waals surface area contributed by atoms with Gasteiger partial charge < -0.3 is 10.1 Å². The molecule has 0 spiro atoms. The molecule has 1 unspecified atom stereocenters. The molecule has 0 aromatic heterocycles. The standard InChI is InChI=1S/C26H35N3O4S/c1-21-5-7-22(8-6-21)25(28-15-17-33-18-16-28)19-27-20-26(30)23-9-11-24(12-10-23)34(31,32)29-13-3-2-4-14-29/h5-12,25,27H,2-4,13-20H2,1H3. The van der Waals surface area contributed by atoms with E-state index in [0.717, 1.165) is 32.4 Å². The summed E-state index contributed by atoms with van der Waals surface area (Å²) in [6, 6.07) is 15.1. The maximum absolute atomic E-state index is 12.8. The van der Waals surface area contributed by atoms with Gasteiger partial charge in [0.2, 0.25) is 10.0 Å². The number of hydrogen-bond donors (Lipinski definition) is 1. The topological polar surface area (TPSA) is 79.0 Å². The molecule has 2 aliphatic rings. The van der Waals surface area contributed by atoms with Crippen LogP contribution in [0.1, 0.15) is 46.8 Å². The fourth-order valence-corrected chi connectivity index (χ4v) is 6.14. The Morgan fingerprint density at radius 1 is 0.941 bits per heavy atom. The van der Waals surface area contributed by atoms with E-state index in [4.69, 9.17) is 4.74 Å². The summed E-state index contributed by atoms with van der Waals surface area (Å²) in [7, 11) is -3.49. The minimum atomic E-state index is -3.49. The van der Waals surface area contributed by atoms with Gasteiger partial charge in [-0.2, -0.15) is 4.31 Å². The zero-order chi connectivity index (χ0) is 24.0. The maximum atomic E-state index is 12.8. The third-order valence-corrected chi connectivity index (χ3v) is 8.61. The summed E-state index contributed by atoms with van der Waals surface area (Å²) < 4.78 is 32.7. The third-order valence-electron chi connectivity index (χ3n) is 6.70. The number of carbonyl (C=O) groups excluding carboxylic acids is 1. The second kappa shape index (κ2) is 11.6. The number of ketones is 1. The highest BCUT2D eigenvalue weighted by Crippen LogP contribution is 2.23. The molecule has 0 amide bonds. The Morgan fingerprint density at radius 2 is 1.59 bits per heavy atom. The van der Waals surface area contributed by atoms with Crippen molar-refractivity contribution in [3.8, 4) is 0 Å². The molecule has 8 heteroatoms. The highest BCUT2D eigenvalue weighted by molar-refractivity contribution is 7.89. The molecule has 2 aromatic rings. The van der Waals surface area contributed by atoms with Crippen LogP contribution in [0.15, 0.2) is 53.4 Å². The van der Waals surface area contributed by atoms with E-state index in [0.29, 0.717) is 38.4 Å². The van der Waals surface area contributed by atoms with Crippen molar-refractivity contribution in [1.29, 1.82) is 0 Å². The van der Waals surface area contributed by atoms with E-state index in [2.05, 4.69) is 41.4 Å². The molecule has 1 N–H and O–H groups in total. The van der Waals surface area contributed by atoms with Crippen LogP contribution in [0.25, 0.3) is 0 Å². The molecule has 2 aromatic carbocycles. The number of sulfonamides is 1. The van der Waals surface area contributed by atoms with Crippen molar-refractivity contribution in [2.75, 3.05) is 52.5 Å². The van der Waals surface area contributed by atoms with E-state index in [1.54, 1.807) is 28.6 Å². The molecule has 7 nitrogen and oxygen atoms in total. The quantitative estimate of drug-likeness (QED) is 0.550. The zero-order valence-electron chi connectivity index (χ0n) is 19.9. The fraction of sp³-hybridized carbons (Fsp3) is 0.500. The Labute approximate surface area is 203 Å². The lowest BCUT2D eigenvalue weighted by Crippen LogP contribution is -2.43. The molecule has 184 valence electrons. The van der Waals surface area contributed by atoms with Crippen molar-refractivity contribution in [2.45, 2.75) is 37.1 Å².